The monoisotopic (exact) mass is 1460 g/mol. The Morgan fingerprint density at radius 3 is 2.26 bits per heavy atom. The molecule has 4 saturated heterocycles. The van der Waals surface area contributed by atoms with Gasteiger partial charge in [-0.25, -0.2) is 4.79 Å². The van der Waals surface area contributed by atoms with Gasteiger partial charge in [-0.15, -0.1) is 0 Å². The number of aliphatic carboxylic acids is 1. The molecular formula is C61H85IN4O23S3. The molecule has 2 bridgehead atoms. The highest BCUT2D eigenvalue weighted by Crippen LogP contribution is 2.49. The molecule has 10 N–H and O–H groups in total. The first-order valence-corrected chi connectivity index (χ1v) is 34.1. The Labute approximate surface area is 560 Å². The molecule has 512 valence electrons. The molecule has 6 aliphatic rings. The highest BCUT2D eigenvalue weighted by atomic mass is 127. The van der Waals surface area contributed by atoms with E-state index < -0.39 is 143 Å². The Kier molecular flexibility index (Phi) is 28.2. The third kappa shape index (κ3) is 18.4. The van der Waals surface area contributed by atoms with E-state index in [9.17, 15) is 44.7 Å². The zero-order valence-electron chi connectivity index (χ0n) is 53.2. The number of fused-ring (bicyclic) bond motifs is 2. The number of likely N-dealkylation sites (N-methyl/N-ethyl adjacent to an activating group) is 1. The number of rotatable bonds is 27. The molecule has 0 radical (unpaired) electrons. The van der Waals surface area contributed by atoms with Crippen LogP contribution in [-0.2, 0) is 57.1 Å². The summed E-state index contributed by atoms with van der Waals surface area (Å²) in [7, 11) is 9.65. The zero-order chi connectivity index (χ0) is 67.4. The maximum atomic E-state index is 14.5. The fraction of sp³-hybridized carbons (Fsp3) is 0.672. The van der Waals surface area contributed by atoms with Gasteiger partial charge in [-0.3, -0.25) is 24.5 Å². The molecule has 1 amide bonds. The molecule has 0 spiro atoms. The van der Waals surface area contributed by atoms with Crippen LogP contribution in [0.15, 0.2) is 35.1 Å². The highest BCUT2D eigenvalue weighted by Gasteiger charge is 2.52. The third-order valence-corrected chi connectivity index (χ3v) is 21.8. The number of carbonyl (C=O) groups excluding carboxylic acids is 3. The summed E-state index contributed by atoms with van der Waals surface area (Å²) in [4.78, 5) is 59.1. The Morgan fingerprint density at radius 2 is 1.60 bits per heavy atom. The van der Waals surface area contributed by atoms with Crippen LogP contribution in [0.25, 0.3) is 0 Å². The Bertz CT molecular complexity index is 2980. The Balaban J connectivity index is 1.13. The van der Waals surface area contributed by atoms with Gasteiger partial charge in [-0.1, -0.05) is 70.0 Å². The Morgan fingerprint density at radius 1 is 0.880 bits per heavy atom. The van der Waals surface area contributed by atoms with Gasteiger partial charge in [-0.2, -0.15) is 5.48 Å². The second-order valence-corrected chi connectivity index (χ2v) is 28.3. The molecule has 0 saturated carbocycles. The van der Waals surface area contributed by atoms with Crippen molar-refractivity contribution in [2.24, 2.45) is 0 Å². The van der Waals surface area contributed by atoms with Gasteiger partial charge < -0.3 is 98.1 Å². The number of hydrogen-bond donors (Lipinski definition) is 10. The number of hydrogen-bond acceptors (Lipinski definition) is 28. The van der Waals surface area contributed by atoms with Gasteiger partial charge in [0.15, 0.2) is 41.8 Å². The molecule has 0 unspecified atom stereocenters. The van der Waals surface area contributed by atoms with Crippen molar-refractivity contribution < 1.29 is 111 Å². The number of aliphatic hydroxyl groups excluding tert-OH is 4. The minimum atomic E-state index is -2.14. The van der Waals surface area contributed by atoms with Crippen LogP contribution in [-0.4, -0.2) is 241 Å². The molecule has 7 rings (SSSR count). The van der Waals surface area contributed by atoms with Gasteiger partial charge in [0.2, 0.25) is 17.2 Å². The van der Waals surface area contributed by atoms with Crippen LogP contribution in [0.3, 0.4) is 0 Å². The molecule has 27 nitrogen and oxygen atoms in total. The Hall–Kier alpha value is -3.86. The number of amides is 1. The fourth-order valence-electron chi connectivity index (χ4n) is 11.2. The lowest BCUT2D eigenvalue weighted by atomic mass is 9.75. The van der Waals surface area contributed by atoms with E-state index in [0.717, 1.165) is 18.9 Å². The first-order chi connectivity index (χ1) is 43.7. The molecule has 31 heteroatoms. The molecule has 19 atom stereocenters. The summed E-state index contributed by atoms with van der Waals surface area (Å²) < 4.78 is 72.4. The van der Waals surface area contributed by atoms with Crippen molar-refractivity contribution in [1.29, 1.82) is 0 Å². The number of ether oxygens (including phenoxy) is 12. The number of aliphatic hydroxyl groups is 5. The lowest BCUT2D eigenvalue weighted by Gasteiger charge is -2.46. The van der Waals surface area contributed by atoms with Gasteiger partial charge in [-0.05, 0) is 88.4 Å². The largest absolute Gasteiger partial charge is 0.492 e. The van der Waals surface area contributed by atoms with Crippen LogP contribution in [0.5, 0.6) is 17.2 Å². The maximum absolute atomic E-state index is 14.5. The van der Waals surface area contributed by atoms with Crippen LogP contribution in [0.1, 0.15) is 83.1 Å². The zero-order valence-corrected chi connectivity index (χ0v) is 57.8. The summed E-state index contributed by atoms with van der Waals surface area (Å²) in [6, 6.07) is -1.33. The SMILES string of the molecule is CCN[C@H]1CO[C@@H](O[C@H]2[C@H](O[C@H]3C#C/C=C\C#C[C@]4(O)CC(=O)C(NC(=O)OC)=C3/C4=C\CSSC(C)(C)CNCCC(=O)O)O[C@H](C)[C@@H](NO[C@H]3C[C@H](O)[C@H](SC(=O)c4c(C)c(I)c(O[C@@H]5O[C@@H](C)[C@H](O)[C@@H](OC)[C@H]5O)c(OC)c4OC)[C@@H](C)O3)[C@@H]2O)C[C@@H]1OC. The molecule has 92 heavy (non-hydrogen) atoms. The van der Waals surface area contributed by atoms with Crippen molar-refractivity contribution in [3.63, 3.8) is 0 Å². The molecule has 1 aromatic carbocycles. The summed E-state index contributed by atoms with van der Waals surface area (Å²) in [5.41, 5.74) is 1.02. The van der Waals surface area contributed by atoms with Gasteiger partial charge in [0.05, 0.1) is 103 Å². The van der Waals surface area contributed by atoms with Gasteiger partial charge in [0, 0.05) is 61.8 Å². The smallest absolute Gasteiger partial charge is 0.411 e. The number of carboxylic acids is 1. The number of hydroxylamine groups is 1. The lowest BCUT2D eigenvalue weighted by molar-refractivity contribution is -0.336. The van der Waals surface area contributed by atoms with Gasteiger partial charge >= 0.3 is 12.1 Å². The summed E-state index contributed by atoms with van der Waals surface area (Å²) >= 11 is 2.81. The number of alkyl carbamates (subject to hydrolysis) is 1. The molecule has 1 aromatic rings. The minimum Gasteiger partial charge on any atom is -0.492 e. The topological polar surface area (TPSA) is 358 Å². The van der Waals surface area contributed by atoms with E-state index in [1.165, 1.54) is 55.1 Å². The highest BCUT2D eigenvalue weighted by molar-refractivity contribution is 14.1. The van der Waals surface area contributed by atoms with E-state index in [4.69, 9.17) is 66.8 Å². The predicted molar refractivity (Wildman–Crippen MR) is 345 cm³/mol. The maximum Gasteiger partial charge on any atom is 0.411 e. The van der Waals surface area contributed by atoms with Gasteiger partial charge in [0.1, 0.15) is 36.6 Å². The first-order valence-electron chi connectivity index (χ1n) is 29.9. The third-order valence-electron chi connectivity index (χ3n) is 16.0. The van der Waals surface area contributed by atoms with E-state index in [0.29, 0.717) is 22.2 Å². The second-order valence-electron chi connectivity index (χ2n) is 23.0. The van der Waals surface area contributed by atoms with Crippen molar-refractivity contribution >= 4 is 78.9 Å². The van der Waals surface area contributed by atoms with Crippen molar-refractivity contribution in [3.05, 3.63) is 49.8 Å². The number of thioether (sulfide) groups is 1. The first kappa shape index (κ1) is 75.5. The van der Waals surface area contributed by atoms with Crippen LogP contribution >= 0.6 is 55.9 Å². The summed E-state index contributed by atoms with van der Waals surface area (Å²) in [6.07, 6.45) is -14.5. The molecule has 2 aliphatic carbocycles. The predicted octanol–water partition coefficient (Wildman–Crippen LogP) is 2.76. The molecular weight excluding hydrogens is 1380 g/mol. The molecule has 4 fully saturated rings. The van der Waals surface area contributed by atoms with Gasteiger partial charge in [0.25, 0.3) is 0 Å². The number of ketones is 1. The van der Waals surface area contributed by atoms with E-state index >= 15 is 0 Å². The molecule has 4 heterocycles. The van der Waals surface area contributed by atoms with Crippen LogP contribution in [0.2, 0.25) is 0 Å². The van der Waals surface area contributed by atoms with Crippen molar-refractivity contribution in [2.75, 3.05) is 67.5 Å². The summed E-state index contributed by atoms with van der Waals surface area (Å²) in [5.74, 6) is 10.2. The van der Waals surface area contributed by atoms with E-state index in [-0.39, 0.29) is 83.9 Å². The van der Waals surface area contributed by atoms with Crippen LogP contribution < -0.4 is 35.6 Å². The number of carbonyl (C=O) groups is 4. The van der Waals surface area contributed by atoms with Crippen molar-refractivity contribution in [1.82, 2.24) is 21.4 Å². The number of halogens is 1. The molecule has 4 aliphatic heterocycles. The minimum absolute atomic E-state index is 0.0151. The average molecular weight is 1470 g/mol. The van der Waals surface area contributed by atoms with Crippen LogP contribution in [0.4, 0.5) is 4.79 Å². The van der Waals surface area contributed by atoms with E-state index in [1.807, 2.05) is 43.4 Å². The van der Waals surface area contributed by atoms with Crippen LogP contribution in [0, 0.1) is 34.2 Å². The summed E-state index contributed by atoms with van der Waals surface area (Å²) in [6.45, 7) is 14.0. The fourth-order valence-corrected chi connectivity index (χ4v) is 15.3. The molecule has 0 aromatic heterocycles. The number of nitrogens with one attached hydrogen (secondary N) is 4. The number of methoxy groups -OCH3 is 5. The number of carboxylic acid groups (broad SMARTS) is 1. The number of benzene rings is 1. The quantitative estimate of drug-likeness (QED) is 0.0199. The average Bonchev–Trinajstić information content (AvgIpc) is 0.762. The van der Waals surface area contributed by atoms with E-state index in [1.54, 1.807) is 40.9 Å². The standard InChI is InChI=1S/C61H85IN4O23S3/c1-13-64-34-27-82-40(25-38(34)77-8)87-53-48(72)45(66-89-41-24-35(67)55(32(5)83-41)91-56(74)42-29(2)44(62)51(54(80-11)50(42)78-9)88-57-49(73)52(79-10)47(71)31(4)85-57)30(3)84-58(53)86-37-18-16-14-15-17-21-61(76)26-36(68)46(65-59(75)81-12)43(37)33(61)20-23-90-92-60(6,7)28-63-22-19-39(69)70/h14-15,20,30-32,34-35,37-38,40-41,45,47-49,52-53,55,57-58,63-64,66-67,71-73,76H,13,19,22-28H2,1-12H3,(H,65,75)(H,69,70)/b15-14-,33-20+/t30-,31+,32-,34+,35+,37+,38+,40+,41+,45-,47+,48+,49-,52-,53-,55-,57+,58+,61+/m1/s1. The van der Waals surface area contributed by atoms with Crippen molar-refractivity contribution in [2.45, 2.75) is 194 Å². The summed E-state index contributed by atoms with van der Waals surface area (Å²) in [5, 5.41) is 75.4. The van der Waals surface area contributed by atoms with Crippen molar-refractivity contribution in [3.8, 4) is 40.9 Å². The normalized spacial score (nSPS) is 34.0. The number of Topliss-reactive ketones (excluding diaryl/α,β-unsaturated/α-hetero) is 1. The number of allylic oxidation sites excluding steroid dienone is 3. The lowest BCUT2D eigenvalue weighted by Crippen LogP contribution is -2.65. The van der Waals surface area contributed by atoms with E-state index in [2.05, 4.69) is 45.1 Å². The second kappa shape index (κ2) is 34.4.